The van der Waals surface area contributed by atoms with Crippen LogP contribution in [0.5, 0.6) is 5.75 Å². The first-order chi connectivity index (χ1) is 9.63. The number of hydrogen-bond acceptors (Lipinski definition) is 5. The van der Waals surface area contributed by atoms with Gasteiger partial charge in [-0.3, -0.25) is 4.90 Å². The number of likely N-dealkylation sites (tertiary alicyclic amines) is 1. The molecule has 110 valence electrons. The number of nitrogens with two attached hydrogens (primary N) is 1. The number of aliphatic hydroxyl groups is 1. The zero-order valence-corrected chi connectivity index (χ0v) is 11.6. The van der Waals surface area contributed by atoms with E-state index in [0.717, 1.165) is 31.5 Å². The van der Waals surface area contributed by atoms with Gasteiger partial charge >= 0.3 is 0 Å². The molecule has 0 saturated carbocycles. The van der Waals surface area contributed by atoms with Gasteiger partial charge in [0, 0.05) is 13.1 Å². The standard InChI is InChI=1S/C14H21N3O3/c1-20-13-7-10(4-5-12(13)14(15)16-19)8-17-6-2-3-11(18)9-17/h4-5,7,11,18-19H,2-3,6,8-9H2,1H3,(H2,15,16). The van der Waals surface area contributed by atoms with Crippen molar-refractivity contribution >= 4 is 5.84 Å². The molecule has 1 aromatic carbocycles. The van der Waals surface area contributed by atoms with Crippen LogP contribution in [0.2, 0.25) is 0 Å². The fraction of sp³-hybridized carbons (Fsp3) is 0.500. The number of oxime groups is 1. The van der Waals surface area contributed by atoms with Gasteiger partial charge in [0.2, 0.25) is 0 Å². The zero-order valence-electron chi connectivity index (χ0n) is 11.6. The third-order valence-corrected chi connectivity index (χ3v) is 3.54. The summed E-state index contributed by atoms with van der Waals surface area (Å²) in [6.45, 7) is 2.44. The van der Waals surface area contributed by atoms with Gasteiger partial charge in [-0.2, -0.15) is 0 Å². The molecular weight excluding hydrogens is 258 g/mol. The van der Waals surface area contributed by atoms with Crippen molar-refractivity contribution in [3.63, 3.8) is 0 Å². The smallest absolute Gasteiger partial charge is 0.173 e. The fourth-order valence-corrected chi connectivity index (χ4v) is 2.53. The number of nitrogens with zero attached hydrogens (tertiary/aromatic N) is 2. The number of β-amino-alcohol motifs (C(OH)–C–C–N with tert-alkyl or cyclic N) is 1. The topological polar surface area (TPSA) is 91.3 Å². The summed E-state index contributed by atoms with van der Waals surface area (Å²) >= 11 is 0. The summed E-state index contributed by atoms with van der Waals surface area (Å²) in [7, 11) is 1.55. The molecule has 4 N–H and O–H groups in total. The normalized spacial score (nSPS) is 20.9. The summed E-state index contributed by atoms with van der Waals surface area (Å²) in [5, 5.41) is 21.4. The Labute approximate surface area is 118 Å². The van der Waals surface area contributed by atoms with Crippen LogP contribution in [0.15, 0.2) is 23.4 Å². The highest BCUT2D eigenvalue weighted by molar-refractivity contribution is 5.99. The first-order valence-electron chi connectivity index (χ1n) is 6.69. The second-order valence-corrected chi connectivity index (χ2v) is 5.05. The number of benzene rings is 1. The minimum Gasteiger partial charge on any atom is -0.496 e. The van der Waals surface area contributed by atoms with Gasteiger partial charge in [0.15, 0.2) is 5.84 Å². The van der Waals surface area contributed by atoms with Gasteiger partial charge in [-0.1, -0.05) is 11.2 Å². The van der Waals surface area contributed by atoms with E-state index in [0.29, 0.717) is 17.9 Å². The lowest BCUT2D eigenvalue weighted by molar-refractivity contribution is 0.0668. The molecule has 0 aliphatic carbocycles. The Balaban J connectivity index is 2.13. The zero-order chi connectivity index (χ0) is 14.5. The largest absolute Gasteiger partial charge is 0.496 e. The highest BCUT2D eigenvalue weighted by Gasteiger charge is 2.18. The van der Waals surface area contributed by atoms with Gasteiger partial charge in [-0.15, -0.1) is 0 Å². The number of rotatable bonds is 4. The van der Waals surface area contributed by atoms with E-state index in [4.69, 9.17) is 15.7 Å². The predicted octanol–water partition coefficient (Wildman–Crippen LogP) is 0.746. The van der Waals surface area contributed by atoms with E-state index in [-0.39, 0.29) is 11.9 Å². The van der Waals surface area contributed by atoms with Crippen molar-refractivity contribution in [2.45, 2.75) is 25.5 Å². The summed E-state index contributed by atoms with van der Waals surface area (Å²) < 4.78 is 5.28. The summed E-state index contributed by atoms with van der Waals surface area (Å²) in [5.74, 6) is 0.608. The molecule has 1 aliphatic rings. The van der Waals surface area contributed by atoms with E-state index < -0.39 is 0 Å². The molecule has 0 amide bonds. The van der Waals surface area contributed by atoms with Crippen LogP contribution < -0.4 is 10.5 Å². The Morgan fingerprint density at radius 3 is 3.00 bits per heavy atom. The van der Waals surface area contributed by atoms with E-state index in [2.05, 4.69) is 10.1 Å². The van der Waals surface area contributed by atoms with Crippen LogP contribution in [-0.2, 0) is 6.54 Å². The molecule has 0 aromatic heterocycles. The lowest BCUT2D eigenvalue weighted by atomic mass is 10.1. The fourth-order valence-electron chi connectivity index (χ4n) is 2.53. The first kappa shape index (κ1) is 14.6. The quantitative estimate of drug-likeness (QED) is 0.327. The highest BCUT2D eigenvalue weighted by Crippen LogP contribution is 2.22. The van der Waals surface area contributed by atoms with E-state index >= 15 is 0 Å². The van der Waals surface area contributed by atoms with Crippen molar-refractivity contribution in [3.05, 3.63) is 29.3 Å². The average molecular weight is 279 g/mol. The predicted molar refractivity (Wildman–Crippen MR) is 76.0 cm³/mol. The highest BCUT2D eigenvalue weighted by atomic mass is 16.5. The van der Waals surface area contributed by atoms with Crippen molar-refractivity contribution in [1.82, 2.24) is 4.90 Å². The molecule has 0 bridgehead atoms. The molecule has 1 heterocycles. The summed E-state index contributed by atoms with van der Waals surface area (Å²) in [5.41, 5.74) is 7.24. The van der Waals surface area contributed by atoms with E-state index in [1.54, 1.807) is 13.2 Å². The minimum atomic E-state index is -0.234. The van der Waals surface area contributed by atoms with Crippen molar-refractivity contribution in [1.29, 1.82) is 0 Å². The molecule has 1 fully saturated rings. The molecule has 0 radical (unpaired) electrons. The third kappa shape index (κ3) is 3.40. The molecule has 6 nitrogen and oxygen atoms in total. The molecule has 0 spiro atoms. The second-order valence-electron chi connectivity index (χ2n) is 5.05. The minimum absolute atomic E-state index is 0.0294. The molecule has 6 heteroatoms. The number of ether oxygens (including phenoxy) is 1. The van der Waals surface area contributed by atoms with Crippen LogP contribution in [0.4, 0.5) is 0 Å². The summed E-state index contributed by atoms with van der Waals surface area (Å²) in [6, 6.07) is 5.59. The van der Waals surface area contributed by atoms with E-state index in [1.165, 1.54) is 0 Å². The van der Waals surface area contributed by atoms with Gasteiger partial charge in [-0.05, 0) is 37.1 Å². The van der Waals surface area contributed by atoms with Crippen molar-refractivity contribution < 1.29 is 15.1 Å². The maximum absolute atomic E-state index is 9.68. The summed E-state index contributed by atoms with van der Waals surface area (Å²) in [4.78, 5) is 2.21. The van der Waals surface area contributed by atoms with Crippen LogP contribution >= 0.6 is 0 Å². The van der Waals surface area contributed by atoms with Gasteiger partial charge in [0.05, 0.1) is 18.8 Å². The SMILES string of the molecule is COc1cc(CN2CCCC(O)C2)ccc1/C(N)=N/O. The third-order valence-electron chi connectivity index (χ3n) is 3.54. The maximum Gasteiger partial charge on any atom is 0.173 e. The van der Waals surface area contributed by atoms with Crippen LogP contribution in [0.3, 0.4) is 0 Å². The number of methoxy groups -OCH3 is 1. The Morgan fingerprint density at radius 1 is 1.55 bits per heavy atom. The van der Waals surface area contributed by atoms with Crippen LogP contribution in [0.1, 0.15) is 24.0 Å². The lowest BCUT2D eigenvalue weighted by Gasteiger charge is -2.30. The van der Waals surface area contributed by atoms with E-state index in [1.807, 2.05) is 12.1 Å². The van der Waals surface area contributed by atoms with Gasteiger partial charge in [-0.25, -0.2) is 0 Å². The lowest BCUT2D eigenvalue weighted by Crippen LogP contribution is -2.37. The van der Waals surface area contributed by atoms with Gasteiger partial charge in [0.25, 0.3) is 0 Å². The molecule has 2 rings (SSSR count). The number of amidine groups is 1. The van der Waals surface area contributed by atoms with Crippen LogP contribution in [0, 0.1) is 0 Å². The number of aliphatic hydroxyl groups excluding tert-OH is 1. The van der Waals surface area contributed by atoms with Gasteiger partial charge < -0.3 is 20.8 Å². The average Bonchev–Trinajstić information content (AvgIpc) is 2.46. The van der Waals surface area contributed by atoms with E-state index in [9.17, 15) is 5.11 Å². The van der Waals surface area contributed by atoms with Crippen LogP contribution in [0.25, 0.3) is 0 Å². The van der Waals surface area contributed by atoms with Crippen molar-refractivity contribution in [2.75, 3.05) is 20.2 Å². The molecule has 1 aliphatic heterocycles. The molecule has 1 unspecified atom stereocenters. The molecule has 1 saturated heterocycles. The maximum atomic E-state index is 9.68. The first-order valence-corrected chi connectivity index (χ1v) is 6.69. The molecule has 1 aromatic rings. The van der Waals surface area contributed by atoms with Gasteiger partial charge in [0.1, 0.15) is 5.75 Å². The Bertz CT molecular complexity index is 491. The monoisotopic (exact) mass is 279 g/mol. The van der Waals surface area contributed by atoms with Crippen LogP contribution in [-0.4, -0.2) is 47.4 Å². The number of hydrogen-bond donors (Lipinski definition) is 3. The Hall–Kier alpha value is -1.79. The molecule has 20 heavy (non-hydrogen) atoms. The Morgan fingerprint density at radius 2 is 2.35 bits per heavy atom. The summed E-state index contributed by atoms with van der Waals surface area (Å²) in [6.07, 6.45) is 1.66. The van der Waals surface area contributed by atoms with Crippen molar-refractivity contribution in [2.24, 2.45) is 10.9 Å². The van der Waals surface area contributed by atoms with Crippen molar-refractivity contribution in [3.8, 4) is 5.75 Å². The second kappa shape index (κ2) is 6.58. The Kier molecular flexibility index (Phi) is 4.81. The molecular formula is C14H21N3O3. The number of piperidine rings is 1. The molecule has 1 atom stereocenters.